The van der Waals surface area contributed by atoms with Crippen LogP contribution in [-0.2, 0) is 25.6 Å². The standard InChI is InChI=1S/C28H36N6O5/c1-3-22(27(38)30-18-26(37)34-14-6-7-15-34)32-25(36)17-29-24(35)16-20-10-12-21(13-11-20)31-28(39)33-23-9-5-4-8-19(23)2/h4-5,8-13,22H,3,6-7,14-18H2,1-2H3,(H,29,35)(H,30,38)(H,32,36)(H2,31,33,39). The molecule has 0 radical (unpaired) electrons. The first kappa shape index (κ1) is 29.2. The van der Waals surface area contributed by atoms with Crippen molar-refractivity contribution >= 4 is 41.0 Å². The second-order valence-corrected chi connectivity index (χ2v) is 9.38. The van der Waals surface area contributed by atoms with E-state index in [2.05, 4.69) is 26.6 Å². The molecule has 1 saturated heterocycles. The zero-order valence-electron chi connectivity index (χ0n) is 22.3. The van der Waals surface area contributed by atoms with Gasteiger partial charge >= 0.3 is 6.03 Å². The zero-order chi connectivity index (χ0) is 28.2. The van der Waals surface area contributed by atoms with Crippen molar-refractivity contribution in [3.05, 3.63) is 59.7 Å². The molecule has 2 aromatic carbocycles. The van der Waals surface area contributed by atoms with E-state index in [0.717, 1.165) is 18.4 Å². The van der Waals surface area contributed by atoms with Gasteiger partial charge in [0, 0.05) is 24.5 Å². The average Bonchev–Trinajstić information content (AvgIpc) is 3.47. The quantitative estimate of drug-likeness (QED) is 0.298. The van der Waals surface area contributed by atoms with Crippen molar-refractivity contribution in [3.8, 4) is 0 Å². The molecule has 1 fully saturated rings. The van der Waals surface area contributed by atoms with Gasteiger partial charge in [0.25, 0.3) is 0 Å². The second kappa shape index (κ2) is 14.5. The monoisotopic (exact) mass is 536 g/mol. The number of rotatable bonds is 11. The maximum Gasteiger partial charge on any atom is 0.323 e. The van der Waals surface area contributed by atoms with Gasteiger partial charge in [-0.1, -0.05) is 37.3 Å². The van der Waals surface area contributed by atoms with Crippen LogP contribution < -0.4 is 26.6 Å². The predicted molar refractivity (Wildman–Crippen MR) is 148 cm³/mol. The van der Waals surface area contributed by atoms with Crippen LogP contribution in [0, 0.1) is 6.92 Å². The van der Waals surface area contributed by atoms with Crippen LogP contribution in [0.25, 0.3) is 0 Å². The highest BCUT2D eigenvalue weighted by molar-refractivity contribution is 6.00. The summed E-state index contributed by atoms with van der Waals surface area (Å²) in [6, 6.07) is 13.1. The first-order valence-electron chi connectivity index (χ1n) is 13.1. The third kappa shape index (κ3) is 9.44. The van der Waals surface area contributed by atoms with E-state index in [1.807, 2.05) is 31.2 Å². The Morgan fingerprint density at radius 2 is 1.54 bits per heavy atom. The fraction of sp³-hybridized carbons (Fsp3) is 0.393. The zero-order valence-corrected chi connectivity index (χ0v) is 22.3. The Kier molecular flexibility index (Phi) is 10.8. The predicted octanol–water partition coefficient (Wildman–Crippen LogP) is 1.93. The molecule has 1 aliphatic heterocycles. The van der Waals surface area contributed by atoms with Gasteiger partial charge in [0.1, 0.15) is 6.04 Å². The van der Waals surface area contributed by atoms with Crippen molar-refractivity contribution in [3.63, 3.8) is 0 Å². The summed E-state index contributed by atoms with van der Waals surface area (Å²) < 4.78 is 0. The summed E-state index contributed by atoms with van der Waals surface area (Å²) >= 11 is 0. The third-order valence-electron chi connectivity index (χ3n) is 6.35. The molecule has 39 heavy (non-hydrogen) atoms. The molecule has 0 spiro atoms. The average molecular weight is 537 g/mol. The van der Waals surface area contributed by atoms with Crippen molar-refractivity contribution in [2.24, 2.45) is 0 Å². The maximum absolute atomic E-state index is 12.4. The number of urea groups is 1. The van der Waals surface area contributed by atoms with E-state index in [4.69, 9.17) is 0 Å². The van der Waals surface area contributed by atoms with E-state index in [9.17, 15) is 24.0 Å². The van der Waals surface area contributed by atoms with Crippen LogP contribution in [-0.4, -0.2) is 66.8 Å². The Balaban J connectivity index is 1.37. The molecule has 1 aliphatic rings. The highest BCUT2D eigenvalue weighted by Crippen LogP contribution is 2.15. The first-order valence-corrected chi connectivity index (χ1v) is 13.1. The fourth-order valence-corrected chi connectivity index (χ4v) is 4.09. The van der Waals surface area contributed by atoms with Crippen molar-refractivity contribution < 1.29 is 24.0 Å². The normalized spacial score (nSPS) is 13.2. The lowest BCUT2D eigenvalue weighted by Gasteiger charge is -2.19. The number of anilines is 2. The van der Waals surface area contributed by atoms with E-state index in [0.29, 0.717) is 36.4 Å². The molecule has 6 amide bonds. The minimum Gasteiger partial charge on any atom is -0.347 e. The lowest BCUT2D eigenvalue weighted by atomic mass is 10.1. The third-order valence-corrected chi connectivity index (χ3v) is 6.35. The summed E-state index contributed by atoms with van der Waals surface area (Å²) in [5.74, 6) is -1.44. The number of carbonyl (C=O) groups excluding carboxylic acids is 5. The van der Waals surface area contributed by atoms with E-state index >= 15 is 0 Å². The number of hydrogen-bond acceptors (Lipinski definition) is 5. The van der Waals surface area contributed by atoms with Crippen molar-refractivity contribution in [1.82, 2.24) is 20.9 Å². The van der Waals surface area contributed by atoms with Crippen LogP contribution in [0.5, 0.6) is 0 Å². The largest absolute Gasteiger partial charge is 0.347 e. The summed E-state index contributed by atoms with van der Waals surface area (Å²) in [4.78, 5) is 63.1. The number of para-hydroxylation sites is 1. The Morgan fingerprint density at radius 1 is 0.846 bits per heavy atom. The van der Waals surface area contributed by atoms with Gasteiger partial charge in [0.05, 0.1) is 19.5 Å². The summed E-state index contributed by atoms with van der Waals surface area (Å²) in [5.41, 5.74) is 2.92. The summed E-state index contributed by atoms with van der Waals surface area (Å²) in [6.07, 6.45) is 2.32. The molecule has 3 rings (SSSR count). The highest BCUT2D eigenvalue weighted by Gasteiger charge is 2.22. The Morgan fingerprint density at radius 3 is 2.21 bits per heavy atom. The lowest BCUT2D eigenvalue weighted by Crippen LogP contribution is -2.51. The molecule has 11 heteroatoms. The van der Waals surface area contributed by atoms with E-state index in [1.165, 1.54) is 0 Å². The smallest absolute Gasteiger partial charge is 0.323 e. The first-order chi connectivity index (χ1) is 18.7. The van der Waals surface area contributed by atoms with Crippen molar-refractivity contribution in [2.45, 2.75) is 45.6 Å². The summed E-state index contributed by atoms with van der Waals surface area (Å²) in [7, 11) is 0. The van der Waals surface area contributed by atoms with Crippen LogP contribution in [0.3, 0.4) is 0 Å². The molecular weight excluding hydrogens is 500 g/mol. The van der Waals surface area contributed by atoms with Gasteiger partial charge in [-0.3, -0.25) is 19.2 Å². The Hall–Kier alpha value is -4.41. The summed E-state index contributed by atoms with van der Waals surface area (Å²) in [5, 5.41) is 13.2. The van der Waals surface area contributed by atoms with Gasteiger partial charge in [0.15, 0.2) is 0 Å². The van der Waals surface area contributed by atoms with Gasteiger partial charge < -0.3 is 31.5 Å². The highest BCUT2D eigenvalue weighted by atomic mass is 16.2. The van der Waals surface area contributed by atoms with E-state index in [1.54, 1.807) is 36.1 Å². The molecule has 0 aromatic heterocycles. The number of likely N-dealkylation sites (tertiary alicyclic amines) is 1. The van der Waals surface area contributed by atoms with Crippen LogP contribution in [0.2, 0.25) is 0 Å². The number of carbonyl (C=O) groups is 5. The van der Waals surface area contributed by atoms with Gasteiger partial charge in [0.2, 0.25) is 23.6 Å². The SMILES string of the molecule is CCC(NC(=O)CNC(=O)Cc1ccc(NC(=O)Nc2ccccc2C)cc1)C(=O)NCC(=O)N1CCCC1. The molecule has 0 bridgehead atoms. The second-order valence-electron chi connectivity index (χ2n) is 9.38. The molecule has 1 atom stereocenters. The Bertz CT molecular complexity index is 1180. The minimum absolute atomic E-state index is 0.0409. The topological polar surface area (TPSA) is 149 Å². The van der Waals surface area contributed by atoms with Crippen molar-refractivity contribution in [1.29, 1.82) is 0 Å². The van der Waals surface area contributed by atoms with Gasteiger partial charge in [-0.05, 0) is 55.5 Å². The van der Waals surface area contributed by atoms with E-state index in [-0.39, 0.29) is 37.4 Å². The molecular formula is C28H36N6O5. The molecule has 1 unspecified atom stereocenters. The number of aryl methyl sites for hydroxylation is 1. The molecule has 0 saturated carbocycles. The van der Waals surface area contributed by atoms with Crippen molar-refractivity contribution in [2.75, 3.05) is 36.8 Å². The maximum atomic E-state index is 12.4. The molecule has 2 aromatic rings. The number of amides is 6. The number of nitrogens with zero attached hydrogens (tertiary/aromatic N) is 1. The summed E-state index contributed by atoms with van der Waals surface area (Å²) in [6.45, 7) is 4.67. The number of nitrogens with one attached hydrogen (secondary N) is 5. The Labute approximate surface area is 228 Å². The van der Waals surface area contributed by atoms with Crippen LogP contribution >= 0.6 is 0 Å². The molecule has 208 valence electrons. The molecule has 11 nitrogen and oxygen atoms in total. The van der Waals surface area contributed by atoms with Crippen LogP contribution in [0.1, 0.15) is 37.3 Å². The minimum atomic E-state index is -0.802. The fourth-order valence-electron chi connectivity index (χ4n) is 4.09. The lowest BCUT2D eigenvalue weighted by molar-refractivity contribution is -0.133. The van der Waals surface area contributed by atoms with Gasteiger partial charge in [-0.15, -0.1) is 0 Å². The molecule has 1 heterocycles. The van der Waals surface area contributed by atoms with Crippen LogP contribution in [0.15, 0.2) is 48.5 Å². The molecule has 5 N–H and O–H groups in total. The van der Waals surface area contributed by atoms with E-state index < -0.39 is 17.9 Å². The number of hydrogen-bond donors (Lipinski definition) is 5. The molecule has 0 aliphatic carbocycles. The number of benzene rings is 2. The van der Waals surface area contributed by atoms with Gasteiger partial charge in [-0.2, -0.15) is 0 Å². The van der Waals surface area contributed by atoms with Gasteiger partial charge in [-0.25, -0.2) is 4.79 Å². The van der Waals surface area contributed by atoms with Crippen LogP contribution in [0.4, 0.5) is 16.2 Å².